The molecule has 0 aromatic heterocycles. The van der Waals surface area contributed by atoms with Crippen LogP contribution in [0.3, 0.4) is 0 Å². The van der Waals surface area contributed by atoms with Gasteiger partial charge in [-0.1, -0.05) is 200 Å². The molecule has 1 nitrogen and oxygen atoms in total. The molecule has 9 aromatic carbocycles. The Morgan fingerprint density at radius 3 is 1.42 bits per heavy atom. The van der Waals surface area contributed by atoms with E-state index in [-0.39, 0.29) is 0 Å². The van der Waals surface area contributed by atoms with E-state index in [4.69, 9.17) is 0 Å². The van der Waals surface area contributed by atoms with Crippen LogP contribution in [0.4, 0.5) is 17.1 Å². The van der Waals surface area contributed by atoms with Crippen molar-refractivity contribution in [2.45, 2.75) is 12.3 Å². The number of nitrogens with zero attached hydrogens (tertiary/aromatic N) is 1. The Labute approximate surface area is 335 Å². The van der Waals surface area contributed by atoms with Crippen molar-refractivity contribution in [1.82, 2.24) is 0 Å². The first kappa shape index (κ1) is 34.3. The van der Waals surface area contributed by atoms with Gasteiger partial charge in [0.2, 0.25) is 0 Å². The van der Waals surface area contributed by atoms with E-state index in [2.05, 4.69) is 242 Å². The van der Waals surface area contributed by atoms with E-state index in [0.29, 0.717) is 0 Å². The summed E-state index contributed by atoms with van der Waals surface area (Å²) in [5.74, 6) is 0. The van der Waals surface area contributed by atoms with Crippen LogP contribution in [0.15, 0.2) is 231 Å². The molecule has 0 fully saturated rings. The van der Waals surface area contributed by atoms with Gasteiger partial charge < -0.3 is 4.90 Å². The molecule has 9 aromatic rings. The molecule has 0 amide bonds. The molecule has 0 radical (unpaired) electrons. The van der Waals surface area contributed by atoms with Crippen LogP contribution in [0.2, 0.25) is 0 Å². The predicted octanol–water partition coefficient (Wildman–Crippen LogP) is 14.8. The van der Waals surface area contributed by atoms with Crippen LogP contribution >= 0.6 is 0 Å². The van der Waals surface area contributed by atoms with Gasteiger partial charge in [-0.3, -0.25) is 0 Å². The molecule has 0 saturated heterocycles. The Hall–Kier alpha value is -7.22. The normalized spacial score (nSPS) is 12.4. The van der Waals surface area contributed by atoms with Crippen LogP contribution in [0.25, 0.3) is 44.5 Å². The van der Waals surface area contributed by atoms with Crippen LogP contribution in [0.5, 0.6) is 0 Å². The minimum Gasteiger partial charge on any atom is -0.309 e. The van der Waals surface area contributed by atoms with Crippen molar-refractivity contribution in [1.29, 1.82) is 0 Å². The van der Waals surface area contributed by atoms with Crippen LogP contribution in [-0.4, -0.2) is 0 Å². The molecule has 10 rings (SSSR count). The molecule has 0 saturated carbocycles. The fourth-order valence-corrected chi connectivity index (χ4v) is 9.19. The van der Waals surface area contributed by atoms with Crippen molar-refractivity contribution in [3.63, 3.8) is 0 Å². The fourth-order valence-electron chi connectivity index (χ4n) is 9.19. The van der Waals surface area contributed by atoms with E-state index < -0.39 is 5.41 Å². The third-order valence-corrected chi connectivity index (χ3v) is 11.7. The van der Waals surface area contributed by atoms with Gasteiger partial charge >= 0.3 is 0 Å². The van der Waals surface area contributed by atoms with Crippen molar-refractivity contribution in [2.24, 2.45) is 0 Å². The predicted molar refractivity (Wildman–Crippen MR) is 239 cm³/mol. The summed E-state index contributed by atoms with van der Waals surface area (Å²) in [4.78, 5) is 2.53. The van der Waals surface area contributed by atoms with Gasteiger partial charge in [-0.2, -0.15) is 0 Å². The highest BCUT2D eigenvalue weighted by atomic mass is 15.2. The Balaban J connectivity index is 1.30. The van der Waals surface area contributed by atoms with Gasteiger partial charge in [0.15, 0.2) is 0 Å². The Morgan fingerprint density at radius 1 is 0.351 bits per heavy atom. The average molecular weight is 728 g/mol. The maximum atomic E-state index is 2.53. The molecule has 0 bridgehead atoms. The average Bonchev–Trinajstić information content (AvgIpc) is 3.60. The van der Waals surface area contributed by atoms with Gasteiger partial charge in [-0.25, -0.2) is 0 Å². The number of hydrogen-bond acceptors (Lipinski definition) is 1. The Kier molecular flexibility index (Phi) is 8.69. The molecular weight excluding hydrogens is 687 g/mol. The summed E-state index contributed by atoms with van der Waals surface area (Å²) in [5.41, 5.74) is 18.8. The van der Waals surface area contributed by atoms with Crippen molar-refractivity contribution in [3.8, 4) is 44.5 Å². The van der Waals surface area contributed by atoms with Gasteiger partial charge in [0.05, 0.1) is 16.8 Å². The highest BCUT2D eigenvalue weighted by Crippen LogP contribution is 2.60. The van der Waals surface area contributed by atoms with Crippen molar-refractivity contribution >= 4 is 17.1 Å². The van der Waals surface area contributed by atoms with E-state index in [9.17, 15) is 0 Å². The van der Waals surface area contributed by atoms with E-state index >= 15 is 0 Å². The third-order valence-electron chi connectivity index (χ3n) is 11.7. The number of benzene rings is 9. The van der Waals surface area contributed by atoms with Gasteiger partial charge in [0.25, 0.3) is 0 Å². The monoisotopic (exact) mass is 727 g/mol. The summed E-state index contributed by atoms with van der Waals surface area (Å²) < 4.78 is 0. The molecule has 1 heteroatoms. The zero-order valence-electron chi connectivity index (χ0n) is 31.9. The van der Waals surface area contributed by atoms with E-state index in [1.165, 1.54) is 72.3 Å². The summed E-state index contributed by atoms with van der Waals surface area (Å²) in [5, 5.41) is 0. The molecule has 0 heterocycles. The molecular formula is C56H41N. The van der Waals surface area contributed by atoms with E-state index in [1.807, 2.05) is 0 Å². The maximum Gasteiger partial charge on any atom is 0.0714 e. The van der Waals surface area contributed by atoms with Gasteiger partial charge in [-0.05, 0) is 98.5 Å². The summed E-state index contributed by atoms with van der Waals surface area (Å²) in [6.07, 6.45) is 0. The molecule has 0 atom stereocenters. The highest BCUT2D eigenvalue weighted by Gasteiger charge is 2.47. The van der Waals surface area contributed by atoms with Crippen LogP contribution in [0, 0.1) is 6.92 Å². The lowest BCUT2D eigenvalue weighted by molar-refractivity contribution is 0.768. The molecule has 1 aliphatic carbocycles. The third kappa shape index (κ3) is 5.79. The van der Waals surface area contributed by atoms with Crippen molar-refractivity contribution in [2.75, 3.05) is 4.90 Å². The number of fused-ring (bicyclic) bond motifs is 3. The van der Waals surface area contributed by atoms with Gasteiger partial charge in [0.1, 0.15) is 0 Å². The van der Waals surface area contributed by atoms with Crippen LogP contribution < -0.4 is 4.90 Å². The molecule has 0 spiro atoms. The first-order valence-electron chi connectivity index (χ1n) is 19.8. The van der Waals surface area contributed by atoms with Crippen molar-refractivity contribution < 1.29 is 0 Å². The maximum absolute atomic E-state index is 2.53. The minimum atomic E-state index is -0.512. The molecule has 0 N–H and O–H groups in total. The lowest BCUT2D eigenvalue weighted by Gasteiger charge is -2.35. The molecule has 57 heavy (non-hydrogen) atoms. The second kappa shape index (κ2) is 14.5. The number of hydrogen-bond donors (Lipinski definition) is 0. The molecule has 1 aliphatic rings. The quantitative estimate of drug-likeness (QED) is 0.151. The van der Waals surface area contributed by atoms with E-state index in [0.717, 1.165) is 17.1 Å². The number of rotatable bonds is 8. The minimum absolute atomic E-state index is 0.512. The zero-order valence-corrected chi connectivity index (χ0v) is 31.9. The fraction of sp³-hybridized carbons (Fsp3) is 0.0357. The highest BCUT2D eigenvalue weighted by molar-refractivity contribution is 6.01. The number of anilines is 3. The smallest absolute Gasteiger partial charge is 0.0714 e. The summed E-state index contributed by atoms with van der Waals surface area (Å²) >= 11 is 0. The zero-order chi connectivity index (χ0) is 38.2. The van der Waals surface area contributed by atoms with Crippen molar-refractivity contribution in [3.05, 3.63) is 258 Å². The summed E-state index contributed by atoms with van der Waals surface area (Å²) in [6.45, 7) is 2.27. The Morgan fingerprint density at radius 2 is 0.825 bits per heavy atom. The molecule has 0 aliphatic heterocycles. The molecule has 0 unspecified atom stereocenters. The van der Waals surface area contributed by atoms with Gasteiger partial charge in [-0.15, -0.1) is 0 Å². The lowest BCUT2D eigenvalue weighted by Crippen LogP contribution is -2.28. The summed E-state index contributed by atoms with van der Waals surface area (Å²) in [7, 11) is 0. The standard InChI is InChI=1S/C56H41N/c1-40-38-45(42-22-9-3-10-23-42)39-50(44-24-11-4-12-25-44)55(40)57(48-36-34-43(35-37-48)41-20-7-2-8-21-41)53-33-19-32-52-54(53)49-30-17-18-31-51(49)56(52,46-26-13-5-14-27-46)47-28-15-6-16-29-47/h2-39H,1H3. The molecule has 270 valence electrons. The van der Waals surface area contributed by atoms with Crippen LogP contribution in [-0.2, 0) is 5.41 Å². The lowest BCUT2D eigenvalue weighted by atomic mass is 9.68. The van der Waals surface area contributed by atoms with Crippen LogP contribution in [0.1, 0.15) is 27.8 Å². The number of aryl methyl sites for hydroxylation is 1. The first-order valence-corrected chi connectivity index (χ1v) is 19.8. The SMILES string of the molecule is Cc1cc(-c2ccccc2)cc(-c2ccccc2)c1N(c1ccc(-c2ccccc2)cc1)c1cccc2c1-c1ccccc1C2(c1ccccc1)c1ccccc1. The second-order valence-corrected chi connectivity index (χ2v) is 14.9. The Bertz CT molecular complexity index is 2770. The van der Waals surface area contributed by atoms with E-state index in [1.54, 1.807) is 0 Å². The second-order valence-electron chi connectivity index (χ2n) is 14.9. The first-order chi connectivity index (χ1) is 28.2. The largest absolute Gasteiger partial charge is 0.309 e. The van der Waals surface area contributed by atoms with Gasteiger partial charge in [0, 0.05) is 16.8 Å². The topological polar surface area (TPSA) is 3.24 Å². The summed E-state index contributed by atoms with van der Waals surface area (Å²) in [6, 6.07) is 84.3.